The van der Waals surface area contributed by atoms with Gasteiger partial charge in [0.05, 0.1) is 24.7 Å². The van der Waals surface area contributed by atoms with Crippen LogP contribution < -0.4 is 9.64 Å². The molecule has 1 aromatic rings. The molecule has 0 amide bonds. The number of fused-ring (bicyclic) bond motifs is 1. The van der Waals surface area contributed by atoms with Crippen LogP contribution in [0, 0.1) is 5.41 Å². The number of anilines is 1. The van der Waals surface area contributed by atoms with Gasteiger partial charge in [0.1, 0.15) is 5.75 Å². The van der Waals surface area contributed by atoms with E-state index >= 15 is 0 Å². The van der Waals surface area contributed by atoms with E-state index in [9.17, 15) is 15.0 Å². The van der Waals surface area contributed by atoms with Crippen LogP contribution in [0.2, 0.25) is 0 Å². The van der Waals surface area contributed by atoms with Gasteiger partial charge in [-0.05, 0) is 37.9 Å². The van der Waals surface area contributed by atoms with Crippen molar-refractivity contribution in [1.82, 2.24) is 4.90 Å². The Kier molecular flexibility index (Phi) is 3.70. The van der Waals surface area contributed by atoms with Gasteiger partial charge < -0.3 is 19.8 Å². The minimum Gasteiger partial charge on any atom is -0.497 e. The van der Waals surface area contributed by atoms with Crippen LogP contribution in [0.1, 0.15) is 32.3 Å². The number of rotatable bonds is 3. The lowest BCUT2D eigenvalue weighted by Gasteiger charge is -2.65. The summed E-state index contributed by atoms with van der Waals surface area (Å²) in [4.78, 5) is 18.4. The second kappa shape index (κ2) is 5.62. The van der Waals surface area contributed by atoms with Crippen LogP contribution >= 0.6 is 0 Å². The van der Waals surface area contributed by atoms with Crippen molar-refractivity contribution in [3.05, 3.63) is 35.9 Å². The van der Waals surface area contributed by atoms with Crippen molar-refractivity contribution < 1.29 is 19.7 Å². The molecule has 0 bridgehead atoms. The molecule has 0 aromatic heterocycles. The highest BCUT2D eigenvalue weighted by molar-refractivity contribution is 6.01. The molecule has 1 saturated heterocycles. The molecule has 3 heterocycles. The molecule has 156 valence electrons. The largest absolute Gasteiger partial charge is 0.497 e. The predicted molar refractivity (Wildman–Crippen MR) is 110 cm³/mol. The van der Waals surface area contributed by atoms with Gasteiger partial charge in [-0.25, -0.2) is 0 Å². The minimum absolute atomic E-state index is 0.0496. The molecule has 6 heteroatoms. The monoisotopic (exact) mass is 398 g/mol. The molecule has 3 aliphatic heterocycles. The summed E-state index contributed by atoms with van der Waals surface area (Å²) in [6.45, 7) is 5.06. The molecule has 4 aliphatic rings. The fourth-order valence-corrected chi connectivity index (χ4v) is 7.39. The molecule has 5 rings (SSSR count). The van der Waals surface area contributed by atoms with Gasteiger partial charge in [-0.3, -0.25) is 9.69 Å². The normalized spacial score (nSPS) is 42.6. The summed E-state index contributed by atoms with van der Waals surface area (Å²) in [6, 6.07) is 6.01. The Morgan fingerprint density at radius 2 is 2.10 bits per heavy atom. The summed E-state index contributed by atoms with van der Waals surface area (Å²) < 4.78 is 5.47. The average molecular weight is 399 g/mol. The number of carbonyl (C=O) groups is 1. The van der Waals surface area contributed by atoms with E-state index in [1.165, 1.54) is 0 Å². The third-order valence-electron chi connectivity index (χ3n) is 8.87. The Labute approximate surface area is 171 Å². The molecule has 1 aromatic carbocycles. The molecule has 6 nitrogen and oxygen atoms in total. The number of carbonyl (C=O) groups excluding carboxylic acids is 1. The number of ketones is 1. The maximum atomic E-state index is 14.0. The minimum atomic E-state index is -1.88. The van der Waals surface area contributed by atoms with Crippen molar-refractivity contribution in [3.8, 4) is 5.75 Å². The SMILES string of the molecule is CCC12C=CCN3CCC4(c5ccc(OC)cc5N(C)C4(C)C(O)(CO)C1=O)C32. The Hall–Kier alpha value is -1.89. The summed E-state index contributed by atoms with van der Waals surface area (Å²) in [5, 5.41) is 22.5. The van der Waals surface area contributed by atoms with Gasteiger partial charge >= 0.3 is 0 Å². The maximum Gasteiger partial charge on any atom is 0.180 e. The van der Waals surface area contributed by atoms with Crippen molar-refractivity contribution in [2.24, 2.45) is 5.41 Å². The van der Waals surface area contributed by atoms with Crippen LogP contribution in [-0.2, 0) is 10.2 Å². The maximum absolute atomic E-state index is 14.0. The highest BCUT2D eigenvalue weighted by Crippen LogP contribution is 2.69. The number of nitrogens with zero attached hydrogens (tertiary/aromatic N) is 2. The summed E-state index contributed by atoms with van der Waals surface area (Å²) in [6.07, 6.45) is 5.51. The topological polar surface area (TPSA) is 73.2 Å². The fourth-order valence-electron chi connectivity index (χ4n) is 7.39. The zero-order valence-corrected chi connectivity index (χ0v) is 17.6. The number of methoxy groups -OCH3 is 1. The van der Waals surface area contributed by atoms with Gasteiger partial charge in [0.15, 0.2) is 11.4 Å². The number of hydrogen-bond donors (Lipinski definition) is 2. The van der Waals surface area contributed by atoms with Crippen molar-refractivity contribution in [2.75, 3.05) is 38.8 Å². The quantitative estimate of drug-likeness (QED) is 0.752. The summed E-state index contributed by atoms with van der Waals surface area (Å²) in [5.41, 5.74) is -2.02. The Morgan fingerprint density at radius 3 is 2.76 bits per heavy atom. The van der Waals surface area contributed by atoms with E-state index in [4.69, 9.17) is 4.74 Å². The van der Waals surface area contributed by atoms with E-state index in [0.717, 1.165) is 36.5 Å². The van der Waals surface area contributed by atoms with Crippen LogP contribution in [0.3, 0.4) is 0 Å². The third-order valence-corrected chi connectivity index (χ3v) is 8.87. The van der Waals surface area contributed by atoms with Crippen LogP contribution in [0.5, 0.6) is 5.75 Å². The number of Topliss-reactive ketones (excluding diaryl/α,β-unsaturated/α-hetero) is 1. The summed E-state index contributed by atoms with van der Waals surface area (Å²) in [5.74, 6) is 0.487. The predicted octanol–water partition coefficient (Wildman–Crippen LogP) is 1.49. The van der Waals surface area contributed by atoms with Crippen LogP contribution in [0.25, 0.3) is 0 Å². The molecule has 2 N–H and O–H groups in total. The van der Waals surface area contributed by atoms with E-state index in [1.807, 2.05) is 44.0 Å². The molecule has 5 atom stereocenters. The second-order valence-corrected chi connectivity index (χ2v) is 9.28. The molecule has 1 saturated carbocycles. The zero-order chi connectivity index (χ0) is 20.8. The summed E-state index contributed by atoms with van der Waals surface area (Å²) in [7, 11) is 3.57. The van der Waals surface area contributed by atoms with E-state index < -0.39 is 28.6 Å². The first kappa shape index (κ1) is 19.1. The molecule has 5 unspecified atom stereocenters. The first-order valence-corrected chi connectivity index (χ1v) is 10.5. The Balaban J connectivity index is 1.90. The van der Waals surface area contributed by atoms with Gasteiger partial charge in [-0.2, -0.15) is 0 Å². The third kappa shape index (κ3) is 1.71. The number of hydrogen-bond acceptors (Lipinski definition) is 6. The van der Waals surface area contributed by atoms with E-state index in [-0.39, 0.29) is 11.8 Å². The number of aliphatic hydroxyl groups is 2. The van der Waals surface area contributed by atoms with Gasteiger partial charge in [0.2, 0.25) is 0 Å². The van der Waals surface area contributed by atoms with Crippen LogP contribution in [0.4, 0.5) is 5.69 Å². The number of benzene rings is 1. The Morgan fingerprint density at radius 1 is 1.34 bits per heavy atom. The van der Waals surface area contributed by atoms with Gasteiger partial charge in [-0.1, -0.05) is 25.1 Å². The lowest BCUT2D eigenvalue weighted by atomic mass is 9.44. The lowest BCUT2D eigenvalue weighted by Crippen LogP contribution is -2.83. The molecule has 29 heavy (non-hydrogen) atoms. The first-order chi connectivity index (χ1) is 13.8. The van der Waals surface area contributed by atoms with Gasteiger partial charge in [0.25, 0.3) is 0 Å². The van der Waals surface area contributed by atoms with Gasteiger partial charge in [-0.15, -0.1) is 0 Å². The number of ether oxygens (including phenoxy) is 1. The second-order valence-electron chi connectivity index (χ2n) is 9.28. The standard InChI is InChI=1S/C23H30N2O4/c1-5-21-9-6-11-25-12-10-22(18(21)25)16-8-7-15(29-4)13-17(16)24(3)20(22,2)23(28,14-26)19(21)27/h6-9,13,18,26,28H,5,10-12,14H2,1-4H3. The van der Waals surface area contributed by atoms with E-state index in [0.29, 0.717) is 6.42 Å². The lowest BCUT2D eigenvalue weighted by molar-refractivity contribution is -0.184. The molecule has 2 fully saturated rings. The zero-order valence-electron chi connectivity index (χ0n) is 17.6. The fraction of sp³-hybridized carbons (Fsp3) is 0.609. The smallest absolute Gasteiger partial charge is 0.180 e. The Bertz CT molecular complexity index is 931. The van der Waals surface area contributed by atoms with E-state index in [2.05, 4.69) is 17.0 Å². The van der Waals surface area contributed by atoms with E-state index in [1.54, 1.807) is 7.11 Å². The first-order valence-electron chi connectivity index (χ1n) is 10.5. The molecule has 0 radical (unpaired) electrons. The van der Waals surface area contributed by atoms with Crippen molar-refractivity contribution in [3.63, 3.8) is 0 Å². The number of aliphatic hydroxyl groups excluding tert-OH is 1. The summed E-state index contributed by atoms with van der Waals surface area (Å²) >= 11 is 0. The highest BCUT2D eigenvalue weighted by Gasteiger charge is 2.81. The molecule has 1 aliphatic carbocycles. The number of likely N-dealkylation sites (N-methyl/N-ethyl adjacent to an activating group) is 1. The van der Waals surface area contributed by atoms with Crippen LogP contribution in [-0.4, -0.2) is 71.9 Å². The molecular formula is C23H30N2O4. The molecule has 1 spiro atoms. The van der Waals surface area contributed by atoms with Crippen LogP contribution in [0.15, 0.2) is 30.4 Å². The van der Waals surface area contributed by atoms with Crippen molar-refractivity contribution >= 4 is 11.5 Å². The highest BCUT2D eigenvalue weighted by atomic mass is 16.5. The molecular weight excluding hydrogens is 368 g/mol. The average Bonchev–Trinajstić information content (AvgIpc) is 3.24. The van der Waals surface area contributed by atoms with Crippen molar-refractivity contribution in [1.29, 1.82) is 0 Å². The van der Waals surface area contributed by atoms with Gasteiger partial charge in [0, 0.05) is 36.8 Å². The van der Waals surface area contributed by atoms with Crippen molar-refractivity contribution in [2.45, 2.75) is 49.3 Å².